The van der Waals surface area contributed by atoms with Gasteiger partial charge in [-0.15, -0.1) is 0 Å². The molecule has 0 fully saturated rings. The zero-order chi connectivity index (χ0) is 15.6. The van der Waals surface area contributed by atoms with E-state index in [9.17, 15) is 4.79 Å². The molecule has 0 aliphatic carbocycles. The number of amides is 2. The first-order chi connectivity index (χ1) is 9.88. The van der Waals surface area contributed by atoms with Gasteiger partial charge in [-0.25, -0.2) is 4.79 Å². The molecule has 0 aromatic heterocycles. The second-order valence-corrected chi connectivity index (χ2v) is 5.85. The van der Waals surface area contributed by atoms with Crippen LogP contribution in [0.15, 0.2) is 36.4 Å². The van der Waals surface area contributed by atoms with E-state index in [1.54, 1.807) is 43.4 Å². The van der Waals surface area contributed by atoms with Crippen LogP contribution in [0, 0.1) is 0 Å². The molecule has 0 saturated carbocycles. The second kappa shape index (κ2) is 6.75. The van der Waals surface area contributed by atoms with Crippen molar-refractivity contribution in [3.05, 3.63) is 56.5 Å². The lowest BCUT2D eigenvalue weighted by molar-refractivity contribution is 0.258. The van der Waals surface area contributed by atoms with Gasteiger partial charge >= 0.3 is 6.03 Å². The molecule has 0 bridgehead atoms. The molecular formula is C14H10Cl4N2O. The van der Waals surface area contributed by atoms with Gasteiger partial charge in [0.1, 0.15) is 0 Å². The van der Waals surface area contributed by atoms with Crippen molar-refractivity contribution in [2.24, 2.45) is 0 Å². The molecule has 2 aromatic carbocycles. The molecular weight excluding hydrogens is 354 g/mol. The van der Waals surface area contributed by atoms with Gasteiger partial charge in [0.2, 0.25) is 0 Å². The first kappa shape index (κ1) is 16.2. The molecule has 3 nitrogen and oxygen atoms in total. The van der Waals surface area contributed by atoms with Crippen molar-refractivity contribution in [3.63, 3.8) is 0 Å². The number of hydrogen-bond acceptors (Lipinski definition) is 1. The van der Waals surface area contributed by atoms with Gasteiger partial charge in [-0.3, -0.25) is 4.90 Å². The number of nitrogens with zero attached hydrogens (tertiary/aromatic N) is 1. The summed E-state index contributed by atoms with van der Waals surface area (Å²) in [4.78, 5) is 13.6. The monoisotopic (exact) mass is 362 g/mol. The van der Waals surface area contributed by atoms with E-state index in [-0.39, 0.29) is 6.03 Å². The highest BCUT2D eigenvalue weighted by Gasteiger charge is 2.13. The van der Waals surface area contributed by atoms with Crippen LogP contribution in [0.25, 0.3) is 0 Å². The Balaban J connectivity index is 2.15. The summed E-state index contributed by atoms with van der Waals surface area (Å²) in [5.74, 6) is 0. The standard InChI is InChI=1S/C14H10Cl4N2O/c1-20(9-3-5-11(16)13(18)7-9)14(21)19-8-2-4-10(15)12(17)6-8/h2-7H,1H3,(H,19,21). The Kier molecular flexibility index (Phi) is 5.22. The largest absolute Gasteiger partial charge is 0.326 e. The number of halogens is 4. The minimum atomic E-state index is -0.341. The van der Waals surface area contributed by atoms with Gasteiger partial charge in [0.15, 0.2) is 0 Å². The summed E-state index contributed by atoms with van der Waals surface area (Å²) >= 11 is 23.5. The summed E-state index contributed by atoms with van der Waals surface area (Å²) in [5.41, 5.74) is 1.16. The Bertz CT molecular complexity index is 691. The van der Waals surface area contributed by atoms with Crippen LogP contribution in [0.5, 0.6) is 0 Å². The minimum absolute atomic E-state index is 0.341. The Morgan fingerprint density at radius 1 is 0.905 bits per heavy atom. The van der Waals surface area contributed by atoms with Crippen molar-refractivity contribution < 1.29 is 4.79 Å². The van der Waals surface area contributed by atoms with Crippen molar-refractivity contribution in [1.82, 2.24) is 0 Å². The third-order valence-electron chi connectivity index (χ3n) is 2.77. The van der Waals surface area contributed by atoms with Gasteiger partial charge < -0.3 is 5.32 Å². The topological polar surface area (TPSA) is 32.3 Å². The normalized spacial score (nSPS) is 10.3. The maximum atomic E-state index is 12.2. The van der Waals surface area contributed by atoms with E-state index in [2.05, 4.69) is 5.32 Å². The summed E-state index contributed by atoms with van der Waals surface area (Å²) in [6.45, 7) is 0. The summed E-state index contributed by atoms with van der Waals surface area (Å²) in [7, 11) is 1.62. The number of urea groups is 1. The van der Waals surface area contributed by atoms with Gasteiger partial charge in [0.25, 0.3) is 0 Å². The number of nitrogens with one attached hydrogen (secondary N) is 1. The molecule has 1 N–H and O–H groups in total. The van der Waals surface area contributed by atoms with Gasteiger partial charge in [-0.05, 0) is 36.4 Å². The van der Waals surface area contributed by atoms with E-state index in [4.69, 9.17) is 46.4 Å². The van der Waals surface area contributed by atoms with Crippen LogP contribution in [0.4, 0.5) is 16.2 Å². The van der Waals surface area contributed by atoms with E-state index < -0.39 is 0 Å². The summed E-state index contributed by atoms with van der Waals surface area (Å²) in [5, 5.41) is 4.31. The van der Waals surface area contributed by atoms with Crippen molar-refractivity contribution in [2.45, 2.75) is 0 Å². The minimum Gasteiger partial charge on any atom is -0.307 e. The fraction of sp³-hybridized carbons (Fsp3) is 0.0714. The maximum Gasteiger partial charge on any atom is 0.326 e. The quantitative estimate of drug-likeness (QED) is 0.700. The summed E-state index contributed by atoms with van der Waals surface area (Å²) in [6, 6.07) is 9.44. The van der Waals surface area contributed by atoms with Gasteiger partial charge in [-0.1, -0.05) is 46.4 Å². The smallest absolute Gasteiger partial charge is 0.307 e. The van der Waals surface area contributed by atoms with Crippen molar-refractivity contribution in [3.8, 4) is 0 Å². The lowest BCUT2D eigenvalue weighted by Gasteiger charge is -2.18. The highest BCUT2D eigenvalue weighted by atomic mass is 35.5. The molecule has 2 rings (SSSR count). The van der Waals surface area contributed by atoms with E-state index in [1.807, 2.05) is 0 Å². The third kappa shape index (κ3) is 3.95. The number of carbonyl (C=O) groups excluding carboxylic acids is 1. The average molecular weight is 364 g/mol. The highest BCUT2D eigenvalue weighted by molar-refractivity contribution is 6.42. The Morgan fingerprint density at radius 2 is 1.48 bits per heavy atom. The zero-order valence-electron chi connectivity index (χ0n) is 10.8. The van der Waals surface area contributed by atoms with E-state index in [0.717, 1.165) is 0 Å². The number of rotatable bonds is 2. The molecule has 21 heavy (non-hydrogen) atoms. The zero-order valence-corrected chi connectivity index (χ0v) is 13.9. The predicted octanol–water partition coefficient (Wildman–Crippen LogP) is 5.97. The molecule has 2 amide bonds. The van der Waals surface area contributed by atoms with Crippen LogP contribution < -0.4 is 10.2 Å². The lowest BCUT2D eigenvalue weighted by Crippen LogP contribution is -2.31. The number of hydrogen-bond donors (Lipinski definition) is 1. The second-order valence-electron chi connectivity index (χ2n) is 4.22. The Labute approximate surface area is 142 Å². The van der Waals surface area contributed by atoms with Crippen LogP contribution in [0.3, 0.4) is 0 Å². The van der Waals surface area contributed by atoms with Crippen molar-refractivity contribution in [1.29, 1.82) is 0 Å². The molecule has 110 valence electrons. The van der Waals surface area contributed by atoms with Gasteiger partial charge in [0.05, 0.1) is 20.1 Å². The Hall–Kier alpha value is -1.13. The number of carbonyl (C=O) groups is 1. The molecule has 0 radical (unpaired) electrons. The maximum absolute atomic E-state index is 12.2. The molecule has 0 heterocycles. The van der Waals surface area contributed by atoms with Crippen LogP contribution in [-0.4, -0.2) is 13.1 Å². The van der Waals surface area contributed by atoms with E-state index in [0.29, 0.717) is 31.5 Å². The molecule has 0 atom stereocenters. The lowest BCUT2D eigenvalue weighted by atomic mass is 10.3. The first-order valence-electron chi connectivity index (χ1n) is 5.83. The van der Waals surface area contributed by atoms with E-state index >= 15 is 0 Å². The number of benzene rings is 2. The molecule has 2 aromatic rings. The fourth-order valence-corrected chi connectivity index (χ4v) is 2.18. The van der Waals surface area contributed by atoms with Gasteiger partial charge in [-0.2, -0.15) is 0 Å². The molecule has 0 saturated heterocycles. The van der Waals surface area contributed by atoms with Crippen molar-refractivity contribution in [2.75, 3.05) is 17.3 Å². The molecule has 0 aliphatic rings. The van der Waals surface area contributed by atoms with Crippen LogP contribution >= 0.6 is 46.4 Å². The summed E-state index contributed by atoms with van der Waals surface area (Å²) < 4.78 is 0. The molecule has 0 unspecified atom stereocenters. The molecule has 0 aliphatic heterocycles. The predicted molar refractivity (Wildman–Crippen MR) is 90.3 cm³/mol. The third-order valence-corrected chi connectivity index (χ3v) is 4.24. The Morgan fingerprint density at radius 3 is 2.05 bits per heavy atom. The fourth-order valence-electron chi connectivity index (χ4n) is 1.59. The van der Waals surface area contributed by atoms with E-state index in [1.165, 1.54) is 4.90 Å². The summed E-state index contributed by atoms with van der Waals surface area (Å²) in [6.07, 6.45) is 0. The van der Waals surface area contributed by atoms with Crippen LogP contribution in [0.2, 0.25) is 20.1 Å². The SMILES string of the molecule is CN(C(=O)Nc1ccc(Cl)c(Cl)c1)c1ccc(Cl)c(Cl)c1. The average Bonchev–Trinajstić information content (AvgIpc) is 2.45. The van der Waals surface area contributed by atoms with Crippen molar-refractivity contribution >= 4 is 63.8 Å². The number of anilines is 2. The van der Waals surface area contributed by atoms with Crippen LogP contribution in [-0.2, 0) is 0 Å². The van der Waals surface area contributed by atoms with Crippen LogP contribution in [0.1, 0.15) is 0 Å². The molecule has 7 heteroatoms. The van der Waals surface area contributed by atoms with Gasteiger partial charge in [0, 0.05) is 18.4 Å². The molecule has 0 spiro atoms. The first-order valence-corrected chi connectivity index (χ1v) is 7.34. The highest BCUT2D eigenvalue weighted by Crippen LogP contribution is 2.28.